The molecular weight excluding hydrogens is 312 g/mol. The molecule has 0 bridgehead atoms. The summed E-state index contributed by atoms with van der Waals surface area (Å²) in [7, 11) is 1.68. The average Bonchev–Trinajstić information content (AvgIpc) is 3.24. The van der Waals surface area contributed by atoms with Crippen LogP contribution >= 0.6 is 12.4 Å². The molecule has 2 aliphatic rings. The Balaban J connectivity index is 0.00000192. The van der Waals surface area contributed by atoms with Crippen molar-refractivity contribution in [3.05, 3.63) is 29.3 Å². The molecule has 1 amide bonds. The second-order valence-electron chi connectivity index (χ2n) is 6.91. The summed E-state index contributed by atoms with van der Waals surface area (Å²) in [6.07, 6.45) is 2.90. The van der Waals surface area contributed by atoms with Gasteiger partial charge in [-0.1, -0.05) is 12.1 Å². The van der Waals surface area contributed by atoms with E-state index >= 15 is 0 Å². The zero-order chi connectivity index (χ0) is 15.9. The van der Waals surface area contributed by atoms with Crippen LogP contribution in [0.2, 0.25) is 0 Å². The zero-order valence-electron chi connectivity index (χ0n) is 14.2. The van der Waals surface area contributed by atoms with Crippen molar-refractivity contribution in [1.29, 1.82) is 0 Å². The molecule has 0 aromatic heterocycles. The van der Waals surface area contributed by atoms with Crippen molar-refractivity contribution in [3.8, 4) is 5.75 Å². The number of nitrogens with zero attached hydrogens (tertiary/aromatic N) is 1. The highest BCUT2D eigenvalue weighted by atomic mass is 35.5. The number of likely N-dealkylation sites (tertiary alicyclic amines) is 1. The van der Waals surface area contributed by atoms with Crippen LogP contribution in [0.3, 0.4) is 0 Å². The standard InChI is InChI=1S/C18H26N2O2.ClH/c1-12-4-5-15(9-16(12)22-3)18(6-7-18)17(21)20-11-14(10-19)8-13(20)2;/h4-5,9,13-14H,6-8,10-11,19H2,1-3H3;1H. The van der Waals surface area contributed by atoms with Crippen LogP contribution in [0.15, 0.2) is 18.2 Å². The Labute approximate surface area is 144 Å². The molecule has 0 spiro atoms. The van der Waals surface area contributed by atoms with Crippen LogP contribution in [0.5, 0.6) is 5.75 Å². The van der Waals surface area contributed by atoms with Gasteiger partial charge in [0, 0.05) is 12.6 Å². The number of hydrogen-bond donors (Lipinski definition) is 1. The Hall–Kier alpha value is -1.26. The maximum Gasteiger partial charge on any atom is 0.233 e. The predicted octanol–water partition coefficient (Wildman–Crippen LogP) is 2.65. The summed E-state index contributed by atoms with van der Waals surface area (Å²) in [6, 6.07) is 6.48. The van der Waals surface area contributed by atoms with Crippen LogP contribution in [0.4, 0.5) is 0 Å². The van der Waals surface area contributed by atoms with Crippen molar-refractivity contribution in [2.75, 3.05) is 20.2 Å². The molecule has 1 aromatic rings. The number of halogens is 1. The molecule has 23 heavy (non-hydrogen) atoms. The molecule has 2 atom stereocenters. The molecule has 1 saturated heterocycles. The number of benzene rings is 1. The Bertz CT molecular complexity index is 586. The van der Waals surface area contributed by atoms with Crippen molar-refractivity contribution in [3.63, 3.8) is 0 Å². The molecule has 1 heterocycles. The molecular formula is C18H27ClN2O2. The average molecular weight is 339 g/mol. The first-order chi connectivity index (χ1) is 10.5. The van der Waals surface area contributed by atoms with E-state index in [0.717, 1.165) is 42.7 Å². The third kappa shape index (κ3) is 3.07. The Morgan fingerprint density at radius 1 is 1.43 bits per heavy atom. The van der Waals surface area contributed by atoms with E-state index in [2.05, 4.69) is 24.0 Å². The predicted molar refractivity (Wildman–Crippen MR) is 94.2 cm³/mol. The first kappa shape index (κ1) is 18.1. The maximum absolute atomic E-state index is 13.1. The first-order valence-electron chi connectivity index (χ1n) is 8.18. The van der Waals surface area contributed by atoms with Crippen LogP contribution in [-0.4, -0.2) is 37.0 Å². The van der Waals surface area contributed by atoms with Crippen LogP contribution in [0, 0.1) is 12.8 Å². The summed E-state index contributed by atoms with van der Waals surface area (Å²) in [4.78, 5) is 15.2. The van der Waals surface area contributed by atoms with E-state index in [1.54, 1.807) is 7.11 Å². The van der Waals surface area contributed by atoms with Crippen LogP contribution in [0.25, 0.3) is 0 Å². The first-order valence-corrected chi connectivity index (χ1v) is 8.18. The molecule has 4 nitrogen and oxygen atoms in total. The number of aryl methyl sites for hydroxylation is 1. The highest BCUT2D eigenvalue weighted by Crippen LogP contribution is 2.51. The van der Waals surface area contributed by atoms with Gasteiger partial charge in [-0.15, -0.1) is 12.4 Å². The molecule has 2 fully saturated rings. The third-order valence-electron chi connectivity index (χ3n) is 5.38. The zero-order valence-corrected chi connectivity index (χ0v) is 15.0. The van der Waals surface area contributed by atoms with Crippen molar-refractivity contribution in [2.24, 2.45) is 11.7 Å². The lowest BCUT2D eigenvalue weighted by atomic mass is 9.92. The van der Waals surface area contributed by atoms with Gasteiger partial charge in [-0.3, -0.25) is 4.79 Å². The minimum absolute atomic E-state index is 0. The lowest BCUT2D eigenvalue weighted by Crippen LogP contribution is -2.41. The van der Waals surface area contributed by atoms with Crippen LogP contribution in [-0.2, 0) is 10.2 Å². The van der Waals surface area contributed by atoms with E-state index in [1.807, 2.05) is 13.0 Å². The van der Waals surface area contributed by atoms with Gasteiger partial charge in [-0.05, 0) is 62.8 Å². The summed E-state index contributed by atoms with van der Waals surface area (Å²) in [6.45, 7) is 5.64. The van der Waals surface area contributed by atoms with Gasteiger partial charge in [-0.2, -0.15) is 0 Å². The largest absolute Gasteiger partial charge is 0.496 e. The lowest BCUT2D eigenvalue weighted by Gasteiger charge is -2.27. The summed E-state index contributed by atoms with van der Waals surface area (Å²) in [5.41, 5.74) is 7.68. The van der Waals surface area contributed by atoms with Crippen LogP contribution in [0.1, 0.15) is 37.3 Å². The summed E-state index contributed by atoms with van der Waals surface area (Å²) < 4.78 is 5.43. The van der Waals surface area contributed by atoms with Gasteiger partial charge in [0.15, 0.2) is 0 Å². The molecule has 0 radical (unpaired) electrons. The van der Waals surface area contributed by atoms with E-state index in [0.29, 0.717) is 18.5 Å². The monoisotopic (exact) mass is 338 g/mol. The molecule has 3 rings (SSSR count). The number of carbonyl (C=O) groups is 1. The number of hydrogen-bond acceptors (Lipinski definition) is 3. The van der Waals surface area contributed by atoms with Gasteiger partial charge < -0.3 is 15.4 Å². The van der Waals surface area contributed by atoms with Gasteiger partial charge in [0.25, 0.3) is 0 Å². The van der Waals surface area contributed by atoms with Crippen molar-refractivity contribution >= 4 is 18.3 Å². The van der Waals surface area contributed by atoms with E-state index in [4.69, 9.17) is 10.5 Å². The number of methoxy groups -OCH3 is 1. The van der Waals surface area contributed by atoms with Gasteiger partial charge >= 0.3 is 0 Å². The maximum atomic E-state index is 13.1. The van der Waals surface area contributed by atoms with Crippen molar-refractivity contribution < 1.29 is 9.53 Å². The van der Waals surface area contributed by atoms with E-state index < -0.39 is 0 Å². The number of nitrogens with two attached hydrogens (primary N) is 1. The molecule has 1 saturated carbocycles. The van der Waals surface area contributed by atoms with Gasteiger partial charge in [0.1, 0.15) is 5.75 Å². The fraction of sp³-hybridized carbons (Fsp3) is 0.611. The quantitative estimate of drug-likeness (QED) is 0.918. The Kier molecular flexibility index (Phi) is 5.27. The van der Waals surface area contributed by atoms with E-state index in [1.165, 1.54) is 0 Å². The normalized spacial score (nSPS) is 25.0. The smallest absolute Gasteiger partial charge is 0.233 e. The molecule has 1 aliphatic heterocycles. The topological polar surface area (TPSA) is 55.6 Å². The third-order valence-corrected chi connectivity index (χ3v) is 5.38. The molecule has 128 valence electrons. The van der Waals surface area contributed by atoms with Gasteiger partial charge in [-0.25, -0.2) is 0 Å². The van der Waals surface area contributed by atoms with E-state index in [9.17, 15) is 4.79 Å². The van der Waals surface area contributed by atoms with Crippen molar-refractivity contribution in [1.82, 2.24) is 4.90 Å². The Morgan fingerprint density at radius 2 is 2.13 bits per heavy atom. The molecule has 2 unspecified atom stereocenters. The second kappa shape index (κ2) is 6.70. The summed E-state index contributed by atoms with van der Waals surface area (Å²) in [5.74, 6) is 1.59. The van der Waals surface area contributed by atoms with E-state index in [-0.39, 0.29) is 23.7 Å². The SMILES string of the molecule is COc1cc(C2(C(=O)N3CC(CN)CC3C)CC2)ccc1C.Cl. The fourth-order valence-corrected chi connectivity index (χ4v) is 3.74. The number of amides is 1. The second-order valence-corrected chi connectivity index (χ2v) is 6.91. The van der Waals surface area contributed by atoms with Gasteiger partial charge in [0.05, 0.1) is 12.5 Å². The fourth-order valence-electron chi connectivity index (χ4n) is 3.74. The minimum Gasteiger partial charge on any atom is -0.496 e. The number of carbonyl (C=O) groups excluding carboxylic acids is 1. The number of ether oxygens (including phenoxy) is 1. The highest BCUT2D eigenvalue weighted by molar-refractivity contribution is 5.92. The molecule has 1 aliphatic carbocycles. The summed E-state index contributed by atoms with van der Waals surface area (Å²) in [5, 5.41) is 0. The number of rotatable bonds is 4. The van der Waals surface area contributed by atoms with Crippen molar-refractivity contribution in [2.45, 2.75) is 44.6 Å². The molecule has 2 N–H and O–H groups in total. The highest BCUT2D eigenvalue weighted by Gasteiger charge is 2.54. The van der Waals surface area contributed by atoms with Gasteiger partial charge in [0.2, 0.25) is 5.91 Å². The summed E-state index contributed by atoms with van der Waals surface area (Å²) >= 11 is 0. The molecule has 5 heteroatoms. The lowest BCUT2D eigenvalue weighted by molar-refractivity contribution is -0.134. The van der Waals surface area contributed by atoms with Crippen LogP contribution < -0.4 is 10.5 Å². The minimum atomic E-state index is -0.321. The Morgan fingerprint density at radius 3 is 2.65 bits per heavy atom. The molecule has 1 aromatic carbocycles.